The molecule has 1 aliphatic rings. The highest BCUT2D eigenvalue weighted by molar-refractivity contribution is 9.10. The SMILES string of the molecule is COc1cc(/C=C2\SC(=Nc3ccc(C)cc3)NC2=O)cc(Br)c1OC(=O)c1ccccc1. The minimum absolute atomic E-state index is 0.236. The molecule has 1 aliphatic heterocycles. The average molecular weight is 523 g/mol. The van der Waals surface area contributed by atoms with Gasteiger partial charge in [0.1, 0.15) is 0 Å². The molecule has 1 N–H and O–H groups in total. The summed E-state index contributed by atoms with van der Waals surface area (Å²) in [5.74, 6) is -0.111. The summed E-state index contributed by atoms with van der Waals surface area (Å²) in [7, 11) is 1.49. The van der Waals surface area contributed by atoms with Gasteiger partial charge in [0.2, 0.25) is 0 Å². The number of esters is 1. The number of aryl methyl sites for hydroxylation is 1. The Kier molecular flexibility index (Phi) is 6.96. The van der Waals surface area contributed by atoms with Gasteiger partial charge in [-0.15, -0.1) is 0 Å². The number of hydrogen-bond donors (Lipinski definition) is 1. The molecule has 0 bridgehead atoms. The number of amidine groups is 1. The maximum Gasteiger partial charge on any atom is 0.343 e. The van der Waals surface area contributed by atoms with Gasteiger partial charge in [-0.3, -0.25) is 4.79 Å². The second-order valence-electron chi connectivity index (χ2n) is 7.11. The lowest BCUT2D eigenvalue weighted by Crippen LogP contribution is -2.19. The van der Waals surface area contributed by atoms with E-state index in [1.807, 2.05) is 37.3 Å². The molecule has 3 aromatic rings. The van der Waals surface area contributed by atoms with Crippen molar-refractivity contribution in [2.24, 2.45) is 4.99 Å². The minimum atomic E-state index is -0.497. The van der Waals surface area contributed by atoms with Crippen LogP contribution in [0.15, 0.2) is 81.1 Å². The van der Waals surface area contributed by atoms with Gasteiger partial charge in [0.05, 0.1) is 27.7 Å². The minimum Gasteiger partial charge on any atom is -0.493 e. The maximum atomic E-state index is 12.5. The van der Waals surface area contributed by atoms with Crippen molar-refractivity contribution in [1.29, 1.82) is 0 Å². The van der Waals surface area contributed by atoms with Gasteiger partial charge in [0, 0.05) is 0 Å². The summed E-state index contributed by atoms with van der Waals surface area (Å²) in [5.41, 5.74) is 3.03. The van der Waals surface area contributed by atoms with E-state index in [2.05, 4.69) is 26.2 Å². The number of hydrogen-bond acceptors (Lipinski definition) is 6. The molecule has 1 fully saturated rings. The summed E-state index contributed by atoms with van der Waals surface area (Å²) in [6.07, 6.45) is 1.73. The number of nitrogens with one attached hydrogen (secondary N) is 1. The first kappa shape index (κ1) is 22.8. The number of ether oxygens (including phenoxy) is 2. The van der Waals surface area contributed by atoms with Gasteiger partial charge < -0.3 is 14.8 Å². The highest BCUT2D eigenvalue weighted by Gasteiger charge is 2.24. The zero-order chi connectivity index (χ0) is 23.4. The van der Waals surface area contributed by atoms with Crippen LogP contribution in [0.2, 0.25) is 0 Å². The largest absolute Gasteiger partial charge is 0.493 e. The van der Waals surface area contributed by atoms with E-state index >= 15 is 0 Å². The summed E-state index contributed by atoms with van der Waals surface area (Å²) in [6.45, 7) is 2.00. The van der Waals surface area contributed by atoms with E-state index in [0.29, 0.717) is 31.4 Å². The van der Waals surface area contributed by atoms with Crippen LogP contribution in [-0.2, 0) is 4.79 Å². The fourth-order valence-corrected chi connectivity index (χ4v) is 4.40. The van der Waals surface area contributed by atoms with Crippen LogP contribution in [0.25, 0.3) is 6.08 Å². The van der Waals surface area contributed by atoms with Crippen molar-refractivity contribution in [1.82, 2.24) is 5.32 Å². The van der Waals surface area contributed by atoms with Crippen LogP contribution in [0.1, 0.15) is 21.5 Å². The predicted molar refractivity (Wildman–Crippen MR) is 134 cm³/mol. The monoisotopic (exact) mass is 522 g/mol. The Balaban J connectivity index is 1.57. The van der Waals surface area contributed by atoms with Crippen molar-refractivity contribution >= 4 is 56.5 Å². The fraction of sp³-hybridized carbons (Fsp3) is 0.0800. The number of thioether (sulfide) groups is 1. The number of nitrogens with zero attached hydrogens (tertiary/aromatic N) is 1. The normalized spacial score (nSPS) is 15.5. The van der Waals surface area contributed by atoms with Crippen LogP contribution in [0.5, 0.6) is 11.5 Å². The third kappa shape index (κ3) is 5.53. The molecule has 0 saturated carbocycles. The Labute approximate surface area is 203 Å². The Morgan fingerprint density at radius 3 is 2.52 bits per heavy atom. The Morgan fingerprint density at radius 1 is 1.09 bits per heavy atom. The van der Waals surface area contributed by atoms with Crippen LogP contribution in [0.4, 0.5) is 5.69 Å². The topological polar surface area (TPSA) is 77.0 Å². The summed E-state index contributed by atoms with van der Waals surface area (Å²) in [6, 6.07) is 19.9. The van der Waals surface area contributed by atoms with Crippen molar-refractivity contribution in [3.8, 4) is 11.5 Å². The molecule has 4 rings (SSSR count). The highest BCUT2D eigenvalue weighted by atomic mass is 79.9. The lowest BCUT2D eigenvalue weighted by molar-refractivity contribution is -0.115. The average Bonchev–Trinajstić information content (AvgIpc) is 3.15. The summed E-state index contributed by atoms with van der Waals surface area (Å²) in [4.78, 5) is 29.9. The molecule has 1 heterocycles. The van der Waals surface area contributed by atoms with Crippen molar-refractivity contribution in [3.05, 3.63) is 92.8 Å². The number of halogens is 1. The number of carbonyl (C=O) groups excluding carboxylic acids is 2. The van der Waals surface area contributed by atoms with Gasteiger partial charge in [-0.25, -0.2) is 9.79 Å². The maximum absolute atomic E-state index is 12.5. The van der Waals surface area contributed by atoms with E-state index in [1.165, 1.54) is 18.9 Å². The van der Waals surface area contributed by atoms with E-state index in [4.69, 9.17) is 9.47 Å². The summed E-state index contributed by atoms with van der Waals surface area (Å²) in [5, 5.41) is 3.29. The van der Waals surface area contributed by atoms with Crippen LogP contribution in [-0.4, -0.2) is 24.2 Å². The van der Waals surface area contributed by atoms with Crippen molar-refractivity contribution in [2.45, 2.75) is 6.92 Å². The Bertz CT molecular complexity index is 1270. The van der Waals surface area contributed by atoms with Crippen molar-refractivity contribution in [2.75, 3.05) is 7.11 Å². The Morgan fingerprint density at radius 2 is 1.82 bits per heavy atom. The van der Waals surface area contributed by atoms with Crippen LogP contribution >= 0.6 is 27.7 Å². The molecule has 8 heteroatoms. The number of aliphatic imine (C=N–C) groups is 1. The van der Waals surface area contributed by atoms with E-state index in [0.717, 1.165) is 11.3 Å². The van der Waals surface area contributed by atoms with Gasteiger partial charge in [-0.1, -0.05) is 35.9 Å². The zero-order valence-electron chi connectivity index (χ0n) is 17.8. The molecule has 6 nitrogen and oxygen atoms in total. The van der Waals surface area contributed by atoms with E-state index in [9.17, 15) is 9.59 Å². The molecule has 1 amide bonds. The number of methoxy groups -OCH3 is 1. The number of rotatable bonds is 5. The van der Waals surface area contributed by atoms with Gasteiger partial charge >= 0.3 is 5.97 Å². The number of carbonyl (C=O) groups is 2. The molecule has 0 aromatic heterocycles. The molecule has 3 aromatic carbocycles. The second kappa shape index (κ2) is 10.1. The van der Waals surface area contributed by atoms with E-state index in [1.54, 1.807) is 42.5 Å². The van der Waals surface area contributed by atoms with Crippen LogP contribution < -0.4 is 14.8 Å². The van der Waals surface area contributed by atoms with Gasteiger partial charge in [0.25, 0.3) is 5.91 Å². The number of benzene rings is 3. The fourth-order valence-electron chi connectivity index (χ4n) is 3.02. The third-order valence-electron chi connectivity index (χ3n) is 4.67. The molecule has 0 radical (unpaired) electrons. The first-order valence-corrected chi connectivity index (χ1v) is 11.5. The first-order chi connectivity index (χ1) is 15.9. The standard InChI is InChI=1S/C25H19BrN2O4S/c1-15-8-10-18(11-9-15)27-25-28-23(29)21(33-25)14-16-12-19(26)22(20(13-16)31-2)32-24(30)17-6-4-3-5-7-17/h3-14H,1-2H3,(H,27,28,29)/b21-14-. The Hall–Kier alpha value is -3.36. The third-order valence-corrected chi connectivity index (χ3v) is 6.17. The molecule has 0 spiro atoms. The molecular formula is C25H19BrN2O4S. The van der Waals surface area contributed by atoms with E-state index in [-0.39, 0.29) is 11.7 Å². The smallest absolute Gasteiger partial charge is 0.343 e. The highest BCUT2D eigenvalue weighted by Crippen LogP contribution is 2.38. The molecule has 1 saturated heterocycles. The quantitative estimate of drug-likeness (QED) is 0.257. The van der Waals surface area contributed by atoms with Gasteiger partial charge in [-0.05, 0) is 82.7 Å². The molecule has 0 aliphatic carbocycles. The molecule has 0 unspecified atom stereocenters. The van der Waals surface area contributed by atoms with Crippen LogP contribution in [0, 0.1) is 6.92 Å². The van der Waals surface area contributed by atoms with Crippen molar-refractivity contribution < 1.29 is 19.1 Å². The van der Waals surface area contributed by atoms with E-state index < -0.39 is 5.97 Å². The van der Waals surface area contributed by atoms with Crippen molar-refractivity contribution in [3.63, 3.8) is 0 Å². The number of amides is 1. The molecule has 0 atom stereocenters. The first-order valence-electron chi connectivity index (χ1n) is 9.94. The lowest BCUT2D eigenvalue weighted by Gasteiger charge is -2.12. The molecular weight excluding hydrogens is 504 g/mol. The summed E-state index contributed by atoms with van der Waals surface area (Å²) < 4.78 is 11.5. The van der Waals surface area contributed by atoms with Gasteiger partial charge in [-0.2, -0.15) is 0 Å². The predicted octanol–water partition coefficient (Wildman–Crippen LogP) is 5.88. The molecule has 166 valence electrons. The van der Waals surface area contributed by atoms with Gasteiger partial charge in [0.15, 0.2) is 16.7 Å². The van der Waals surface area contributed by atoms with Crippen LogP contribution in [0.3, 0.4) is 0 Å². The second-order valence-corrected chi connectivity index (χ2v) is 8.99. The lowest BCUT2D eigenvalue weighted by atomic mass is 10.1. The zero-order valence-corrected chi connectivity index (χ0v) is 20.2. The summed E-state index contributed by atoms with van der Waals surface area (Å²) >= 11 is 4.70. The molecule has 33 heavy (non-hydrogen) atoms.